The third-order valence-corrected chi connectivity index (χ3v) is 3.19. The Labute approximate surface area is 100 Å². The second-order valence-electron chi connectivity index (χ2n) is 4.16. The molecule has 2 nitrogen and oxygen atoms in total. The molecule has 3 aromatic rings. The van der Waals surface area contributed by atoms with Crippen LogP contribution in [-0.4, -0.2) is 11.2 Å². The first kappa shape index (κ1) is 10.2. The van der Waals surface area contributed by atoms with Gasteiger partial charge in [0, 0.05) is 23.3 Å². The first-order chi connectivity index (χ1) is 8.33. The van der Waals surface area contributed by atoms with E-state index < -0.39 is 0 Å². The lowest BCUT2D eigenvalue weighted by Crippen LogP contribution is -1.95. The number of benzene rings is 2. The van der Waals surface area contributed by atoms with Crippen molar-refractivity contribution in [2.75, 3.05) is 6.61 Å². The molecule has 0 N–H and O–H groups in total. The lowest BCUT2D eigenvalue weighted by Gasteiger charge is -2.06. The van der Waals surface area contributed by atoms with Crippen LogP contribution in [0.5, 0.6) is 5.75 Å². The van der Waals surface area contributed by atoms with Gasteiger partial charge in [0.15, 0.2) is 0 Å². The van der Waals surface area contributed by atoms with E-state index in [-0.39, 0.29) is 0 Å². The van der Waals surface area contributed by atoms with Crippen molar-refractivity contribution in [3.63, 3.8) is 0 Å². The maximum atomic E-state index is 5.71. The van der Waals surface area contributed by atoms with E-state index in [4.69, 9.17) is 4.74 Å². The summed E-state index contributed by atoms with van der Waals surface area (Å²) in [6.45, 7) is 2.71. The van der Waals surface area contributed by atoms with Crippen LogP contribution in [-0.2, 0) is 7.05 Å². The van der Waals surface area contributed by atoms with Gasteiger partial charge in [0.05, 0.1) is 12.1 Å². The molecule has 0 spiro atoms. The Balaban J connectivity index is 2.48. The molecular weight excluding hydrogens is 210 g/mol. The van der Waals surface area contributed by atoms with Crippen molar-refractivity contribution < 1.29 is 4.74 Å². The summed E-state index contributed by atoms with van der Waals surface area (Å²) in [4.78, 5) is 0. The normalized spacial score (nSPS) is 11.2. The van der Waals surface area contributed by atoms with E-state index in [0.717, 1.165) is 5.75 Å². The van der Waals surface area contributed by atoms with Crippen LogP contribution in [0.2, 0.25) is 0 Å². The molecule has 0 bridgehead atoms. The third-order valence-electron chi connectivity index (χ3n) is 3.19. The minimum Gasteiger partial charge on any atom is -0.492 e. The highest BCUT2D eigenvalue weighted by Gasteiger charge is 2.11. The molecule has 2 aromatic carbocycles. The van der Waals surface area contributed by atoms with Crippen molar-refractivity contribution in [2.45, 2.75) is 6.92 Å². The minimum absolute atomic E-state index is 0.695. The minimum atomic E-state index is 0.695. The first-order valence-corrected chi connectivity index (χ1v) is 5.92. The molecule has 0 radical (unpaired) electrons. The second-order valence-corrected chi connectivity index (χ2v) is 4.16. The van der Waals surface area contributed by atoms with Gasteiger partial charge in [-0.15, -0.1) is 0 Å². The van der Waals surface area contributed by atoms with Crippen LogP contribution in [0, 0.1) is 0 Å². The Kier molecular flexibility index (Phi) is 2.29. The molecule has 0 amide bonds. The van der Waals surface area contributed by atoms with Crippen LogP contribution in [0.15, 0.2) is 42.5 Å². The average Bonchev–Trinajstić information content (AvgIpc) is 2.66. The fraction of sp³-hybridized carbons (Fsp3) is 0.200. The zero-order chi connectivity index (χ0) is 11.8. The van der Waals surface area contributed by atoms with E-state index in [2.05, 4.69) is 48.0 Å². The highest BCUT2D eigenvalue weighted by Crippen LogP contribution is 2.33. The van der Waals surface area contributed by atoms with Crippen LogP contribution in [0.25, 0.3) is 21.8 Å². The summed E-state index contributed by atoms with van der Waals surface area (Å²) in [5.41, 5.74) is 2.42. The Bertz CT molecular complexity index is 682. The Morgan fingerprint density at radius 1 is 1.00 bits per heavy atom. The molecule has 17 heavy (non-hydrogen) atoms. The van der Waals surface area contributed by atoms with Crippen LogP contribution >= 0.6 is 0 Å². The summed E-state index contributed by atoms with van der Waals surface area (Å²) in [5, 5.41) is 2.54. The summed E-state index contributed by atoms with van der Waals surface area (Å²) in [6, 6.07) is 14.7. The van der Waals surface area contributed by atoms with Crippen molar-refractivity contribution in [1.29, 1.82) is 0 Å². The topological polar surface area (TPSA) is 14.2 Å². The molecule has 0 aliphatic rings. The standard InChI is InChI=1S/C15H15NO/c1-3-17-14-10-6-8-12-11-7-4-5-9-13(11)16(2)15(12)14/h4-10H,3H2,1-2H3. The van der Waals surface area contributed by atoms with Crippen molar-refractivity contribution in [3.05, 3.63) is 42.5 Å². The van der Waals surface area contributed by atoms with E-state index >= 15 is 0 Å². The quantitative estimate of drug-likeness (QED) is 0.648. The largest absolute Gasteiger partial charge is 0.492 e. The summed E-state index contributed by atoms with van der Waals surface area (Å²) < 4.78 is 7.91. The molecule has 0 unspecified atom stereocenters. The predicted octanol–water partition coefficient (Wildman–Crippen LogP) is 3.73. The number of ether oxygens (including phenoxy) is 1. The Morgan fingerprint density at radius 2 is 1.76 bits per heavy atom. The SMILES string of the molecule is CCOc1cccc2c3ccccc3n(C)c12. The van der Waals surface area contributed by atoms with Gasteiger partial charge < -0.3 is 9.30 Å². The molecule has 2 heteroatoms. The van der Waals surface area contributed by atoms with Crippen LogP contribution < -0.4 is 4.74 Å². The number of aromatic nitrogens is 1. The zero-order valence-corrected chi connectivity index (χ0v) is 10.1. The molecule has 0 saturated heterocycles. The van der Waals surface area contributed by atoms with Crippen molar-refractivity contribution in [2.24, 2.45) is 7.05 Å². The summed E-state index contributed by atoms with van der Waals surface area (Å²) in [5.74, 6) is 0.962. The Hall–Kier alpha value is -1.96. The van der Waals surface area contributed by atoms with Crippen LogP contribution in [0.4, 0.5) is 0 Å². The Morgan fingerprint density at radius 3 is 2.59 bits per heavy atom. The summed E-state index contributed by atoms with van der Waals surface area (Å²) in [6.07, 6.45) is 0. The highest BCUT2D eigenvalue weighted by molar-refractivity contribution is 6.09. The number of hydrogen-bond acceptors (Lipinski definition) is 1. The van der Waals surface area contributed by atoms with Crippen molar-refractivity contribution in [3.8, 4) is 5.75 Å². The molecule has 0 atom stereocenters. The molecule has 0 saturated carbocycles. The van der Waals surface area contributed by atoms with E-state index in [1.54, 1.807) is 0 Å². The van der Waals surface area contributed by atoms with Gasteiger partial charge in [0.2, 0.25) is 0 Å². The van der Waals surface area contributed by atoms with E-state index in [0.29, 0.717) is 6.61 Å². The van der Waals surface area contributed by atoms with Crippen molar-refractivity contribution in [1.82, 2.24) is 4.57 Å². The number of nitrogens with zero attached hydrogens (tertiary/aromatic N) is 1. The number of fused-ring (bicyclic) bond motifs is 3. The lowest BCUT2D eigenvalue weighted by atomic mass is 10.1. The maximum absolute atomic E-state index is 5.71. The third kappa shape index (κ3) is 1.41. The average molecular weight is 225 g/mol. The number of hydrogen-bond donors (Lipinski definition) is 0. The van der Waals surface area contributed by atoms with Gasteiger partial charge in [-0.25, -0.2) is 0 Å². The molecule has 1 heterocycles. The van der Waals surface area contributed by atoms with Crippen molar-refractivity contribution >= 4 is 21.8 Å². The molecule has 1 aromatic heterocycles. The van der Waals surface area contributed by atoms with Gasteiger partial charge in [-0.3, -0.25) is 0 Å². The van der Waals surface area contributed by atoms with Gasteiger partial charge in [0.25, 0.3) is 0 Å². The first-order valence-electron chi connectivity index (χ1n) is 5.92. The zero-order valence-electron chi connectivity index (χ0n) is 10.1. The maximum Gasteiger partial charge on any atom is 0.143 e. The number of para-hydroxylation sites is 2. The van der Waals surface area contributed by atoms with E-state index in [1.165, 1.54) is 21.8 Å². The van der Waals surface area contributed by atoms with Gasteiger partial charge in [-0.2, -0.15) is 0 Å². The highest BCUT2D eigenvalue weighted by atomic mass is 16.5. The van der Waals surface area contributed by atoms with Crippen LogP contribution in [0.3, 0.4) is 0 Å². The smallest absolute Gasteiger partial charge is 0.143 e. The number of aryl methyl sites for hydroxylation is 1. The fourth-order valence-electron chi connectivity index (χ4n) is 2.47. The molecule has 0 aliphatic heterocycles. The molecule has 0 aliphatic carbocycles. The second kappa shape index (κ2) is 3.81. The van der Waals surface area contributed by atoms with E-state index in [1.807, 2.05) is 13.0 Å². The van der Waals surface area contributed by atoms with Crippen LogP contribution in [0.1, 0.15) is 6.92 Å². The van der Waals surface area contributed by atoms with Gasteiger partial charge in [0.1, 0.15) is 5.75 Å². The predicted molar refractivity (Wildman–Crippen MR) is 71.6 cm³/mol. The van der Waals surface area contributed by atoms with Gasteiger partial charge in [-0.1, -0.05) is 30.3 Å². The molecule has 86 valence electrons. The van der Waals surface area contributed by atoms with Gasteiger partial charge in [-0.05, 0) is 19.1 Å². The molecule has 3 rings (SSSR count). The summed E-state index contributed by atoms with van der Waals surface area (Å²) in [7, 11) is 2.09. The fourth-order valence-corrected chi connectivity index (χ4v) is 2.47. The lowest BCUT2D eigenvalue weighted by molar-refractivity contribution is 0.343. The summed E-state index contributed by atoms with van der Waals surface area (Å²) >= 11 is 0. The molecule has 0 fully saturated rings. The molecular formula is C15H15NO. The monoisotopic (exact) mass is 225 g/mol. The number of rotatable bonds is 2. The van der Waals surface area contributed by atoms with Gasteiger partial charge >= 0.3 is 0 Å². The van der Waals surface area contributed by atoms with E-state index in [9.17, 15) is 0 Å².